The number of anilines is 2. The number of para-hydroxylation sites is 2. The normalized spacial score (nSPS) is 12.0. The molecule has 2 aromatic rings. The third-order valence-corrected chi connectivity index (χ3v) is 4.24. The van der Waals surface area contributed by atoms with Crippen LogP contribution in [0.1, 0.15) is 0 Å². The Balaban J connectivity index is 2.24. The highest BCUT2D eigenvalue weighted by molar-refractivity contribution is 7.92. The summed E-state index contributed by atoms with van der Waals surface area (Å²) in [5.41, 5.74) is 0.00187. The highest BCUT2D eigenvalue weighted by atomic mass is 35.5. The topological polar surface area (TPSA) is 71.1 Å². The van der Waals surface area contributed by atoms with Crippen molar-refractivity contribution in [3.63, 3.8) is 0 Å². The van der Waals surface area contributed by atoms with E-state index in [0.29, 0.717) is 0 Å². The quantitative estimate of drug-likeness (QED) is 0.795. The van der Waals surface area contributed by atoms with Crippen LogP contribution in [0.3, 0.4) is 0 Å². The number of nitrogens with zero attached hydrogens (tertiary/aromatic N) is 1. The molecular formula is C13H11ClF3N3O2S. The average molecular weight is 366 g/mol. The zero-order valence-corrected chi connectivity index (χ0v) is 13.0. The van der Waals surface area contributed by atoms with Crippen molar-refractivity contribution in [2.45, 2.75) is 11.1 Å². The lowest BCUT2D eigenvalue weighted by Gasteiger charge is -2.15. The molecule has 0 spiro atoms. The molecule has 0 aliphatic carbocycles. The second kappa shape index (κ2) is 6.63. The number of hydrogen-bond acceptors (Lipinski definition) is 4. The molecule has 0 radical (unpaired) electrons. The van der Waals surface area contributed by atoms with Gasteiger partial charge in [0, 0.05) is 6.20 Å². The van der Waals surface area contributed by atoms with Crippen LogP contribution >= 0.6 is 11.6 Å². The maximum Gasteiger partial charge on any atom is 0.405 e. The van der Waals surface area contributed by atoms with Gasteiger partial charge in [-0.2, -0.15) is 13.2 Å². The van der Waals surface area contributed by atoms with Gasteiger partial charge in [0.1, 0.15) is 16.6 Å². The van der Waals surface area contributed by atoms with Crippen LogP contribution < -0.4 is 10.0 Å². The van der Waals surface area contributed by atoms with Gasteiger partial charge in [0.2, 0.25) is 0 Å². The largest absolute Gasteiger partial charge is 0.405 e. The molecule has 0 bridgehead atoms. The number of aromatic nitrogens is 1. The number of benzene rings is 1. The smallest absolute Gasteiger partial charge is 0.375 e. The van der Waals surface area contributed by atoms with Gasteiger partial charge < -0.3 is 5.32 Å². The van der Waals surface area contributed by atoms with Crippen LogP contribution in [0.5, 0.6) is 0 Å². The molecule has 1 aromatic heterocycles. The molecule has 0 aliphatic rings. The number of sulfonamides is 1. The van der Waals surface area contributed by atoms with Crippen LogP contribution in [0.2, 0.25) is 5.15 Å². The Hall–Kier alpha value is -2.00. The number of halogens is 4. The summed E-state index contributed by atoms with van der Waals surface area (Å²) < 4.78 is 63.5. The van der Waals surface area contributed by atoms with Crippen LogP contribution in [0.25, 0.3) is 0 Å². The second-order valence-electron chi connectivity index (χ2n) is 4.44. The number of rotatable bonds is 5. The predicted octanol–water partition coefficient (Wildman–Crippen LogP) is 3.51. The van der Waals surface area contributed by atoms with E-state index in [2.05, 4.69) is 15.0 Å². The molecule has 0 aliphatic heterocycles. The van der Waals surface area contributed by atoms with Gasteiger partial charge in [-0.25, -0.2) is 13.4 Å². The van der Waals surface area contributed by atoms with Crippen molar-refractivity contribution in [1.82, 2.24) is 4.98 Å². The van der Waals surface area contributed by atoms with E-state index in [1.165, 1.54) is 36.4 Å². The first-order valence-electron chi connectivity index (χ1n) is 6.21. The van der Waals surface area contributed by atoms with E-state index < -0.39 is 22.7 Å². The van der Waals surface area contributed by atoms with E-state index in [9.17, 15) is 21.6 Å². The van der Waals surface area contributed by atoms with Crippen LogP contribution in [0.4, 0.5) is 24.5 Å². The zero-order valence-electron chi connectivity index (χ0n) is 11.4. The lowest BCUT2D eigenvalue weighted by atomic mass is 10.3. The first-order chi connectivity index (χ1) is 10.7. The van der Waals surface area contributed by atoms with Crippen LogP contribution in [0, 0.1) is 0 Å². The Labute approximate surface area is 135 Å². The van der Waals surface area contributed by atoms with Gasteiger partial charge in [-0.05, 0) is 24.3 Å². The zero-order chi connectivity index (χ0) is 17.1. The fourth-order valence-corrected chi connectivity index (χ4v) is 2.78. The van der Waals surface area contributed by atoms with Crippen LogP contribution in [-0.2, 0) is 10.0 Å². The van der Waals surface area contributed by atoms with E-state index in [4.69, 9.17) is 11.6 Å². The molecule has 23 heavy (non-hydrogen) atoms. The summed E-state index contributed by atoms with van der Waals surface area (Å²) in [4.78, 5) is 3.50. The third kappa shape index (κ3) is 5.00. The molecule has 1 heterocycles. The van der Waals surface area contributed by atoms with E-state index >= 15 is 0 Å². The van der Waals surface area contributed by atoms with Gasteiger partial charge in [-0.1, -0.05) is 23.7 Å². The summed E-state index contributed by atoms with van der Waals surface area (Å²) >= 11 is 5.59. The maximum atomic E-state index is 12.3. The van der Waals surface area contributed by atoms with Crippen LogP contribution in [-0.4, -0.2) is 26.1 Å². The van der Waals surface area contributed by atoms with Gasteiger partial charge in [0.15, 0.2) is 0 Å². The molecule has 2 rings (SSSR count). The molecule has 10 heteroatoms. The van der Waals surface area contributed by atoms with Crippen molar-refractivity contribution in [2.75, 3.05) is 16.6 Å². The number of alkyl halides is 3. The molecule has 0 amide bonds. The lowest BCUT2D eigenvalue weighted by molar-refractivity contribution is -0.115. The molecule has 124 valence electrons. The molecule has 0 saturated carbocycles. The molecular weight excluding hydrogens is 355 g/mol. The van der Waals surface area contributed by atoms with E-state index in [1.807, 2.05) is 0 Å². The van der Waals surface area contributed by atoms with Crippen molar-refractivity contribution >= 4 is 33.0 Å². The number of hydrogen-bond donors (Lipinski definition) is 2. The highest BCUT2D eigenvalue weighted by Crippen LogP contribution is 2.26. The SMILES string of the molecule is O=S(=O)(Nc1ccccc1NCC(F)(F)F)c1ccc(Cl)nc1. The van der Waals surface area contributed by atoms with Gasteiger partial charge in [-0.15, -0.1) is 0 Å². The van der Waals surface area contributed by atoms with Crippen LogP contribution in [0.15, 0.2) is 47.5 Å². The Kier molecular flexibility index (Phi) is 5.00. The summed E-state index contributed by atoms with van der Waals surface area (Å²) in [7, 11) is -4.00. The van der Waals surface area contributed by atoms with E-state index in [-0.39, 0.29) is 21.4 Å². The van der Waals surface area contributed by atoms with Gasteiger partial charge in [0.05, 0.1) is 11.4 Å². The lowest BCUT2D eigenvalue weighted by Crippen LogP contribution is -2.22. The predicted molar refractivity (Wildman–Crippen MR) is 81.0 cm³/mol. The van der Waals surface area contributed by atoms with Crippen molar-refractivity contribution in [2.24, 2.45) is 0 Å². The van der Waals surface area contributed by atoms with Gasteiger partial charge >= 0.3 is 6.18 Å². The fourth-order valence-electron chi connectivity index (χ4n) is 1.65. The Morgan fingerprint density at radius 3 is 2.30 bits per heavy atom. The first kappa shape index (κ1) is 17.4. The summed E-state index contributed by atoms with van der Waals surface area (Å²) in [6.07, 6.45) is -3.37. The Morgan fingerprint density at radius 2 is 1.74 bits per heavy atom. The monoisotopic (exact) mass is 365 g/mol. The highest BCUT2D eigenvalue weighted by Gasteiger charge is 2.27. The number of pyridine rings is 1. The minimum absolute atomic E-state index is 0.00769. The molecule has 0 atom stereocenters. The Bertz CT molecular complexity index is 780. The molecule has 2 N–H and O–H groups in total. The average Bonchev–Trinajstić information content (AvgIpc) is 2.45. The maximum absolute atomic E-state index is 12.3. The minimum Gasteiger partial charge on any atom is -0.375 e. The fraction of sp³-hybridized carbons (Fsp3) is 0.154. The molecule has 0 fully saturated rings. The summed E-state index contributed by atoms with van der Waals surface area (Å²) in [6.45, 7) is -1.28. The van der Waals surface area contributed by atoms with Gasteiger partial charge in [0.25, 0.3) is 10.0 Å². The molecule has 1 aromatic carbocycles. The molecule has 0 saturated heterocycles. The molecule has 0 unspecified atom stereocenters. The van der Waals surface area contributed by atoms with E-state index in [1.54, 1.807) is 0 Å². The van der Waals surface area contributed by atoms with Crippen molar-refractivity contribution in [3.05, 3.63) is 47.7 Å². The van der Waals surface area contributed by atoms with Crippen molar-refractivity contribution in [1.29, 1.82) is 0 Å². The second-order valence-corrected chi connectivity index (χ2v) is 6.51. The Morgan fingerprint density at radius 1 is 1.09 bits per heavy atom. The summed E-state index contributed by atoms with van der Waals surface area (Å²) in [5.74, 6) is 0. The standard InChI is InChI=1S/C13H11ClF3N3O2S/c14-12-6-5-9(7-18-12)23(21,22)20-11-4-2-1-3-10(11)19-8-13(15,16)17/h1-7,19-20H,8H2. The van der Waals surface area contributed by atoms with Gasteiger partial charge in [-0.3, -0.25) is 4.72 Å². The summed E-state index contributed by atoms with van der Waals surface area (Å²) in [6, 6.07) is 8.20. The molecule has 5 nitrogen and oxygen atoms in total. The first-order valence-corrected chi connectivity index (χ1v) is 8.07. The van der Waals surface area contributed by atoms with Crippen molar-refractivity contribution < 1.29 is 21.6 Å². The van der Waals surface area contributed by atoms with E-state index in [0.717, 1.165) is 6.20 Å². The minimum atomic E-state index is -4.42. The number of nitrogens with one attached hydrogen (secondary N) is 2. The third-order valence-electron chi connectivity index (χ3n) is 2.66. The summed E-state index contributed by atoms with van der Waals surface area (Å²) in [5, 5.41) is 2.27. The van der Waals surface area contributed by atoms with Crippen molar-refractivity contribution in [3.8, 4) is 0 Å².